The van der Waals surface area contributed by atoms with Crippen molar-refractivity contribution in [1.29, 1.82) is 5.26 Å². The SMILES string of the molecule is COc1c(Oc2nnc(C(F)(F)F)c(C)c2C(=O)Nc2cccc(S(C)(=O)=O)c2)ncc(C#N)c1F. The van der Waals surface area contributed by atoms with Crippen molar-refractivity contribution < 1.29 is 40.2 Å². The number of pyridine rings is 1. The van der Waals surface area contributed by atoms with Gasteiger partial charge in [0, 0.05) is 11.9 Å². The van der Waals surface area contributed by atoms with Gasteiger partial charge in [-0.15, -0.1) is 10.2 Å². The Balaban J connectivity index is 2.13. The predicted molar refractivity (Wildman–Crippen MR) is 115 cm³/mol. The summed E-state index contributed by atoms with van der Waals surface area (Å²) in [5.74, 6) is -4.42. The highest BCUT2D eigenvalue weighted by atomic mass is 32.2. The van der Waals surface area contributed by atoms with E-state index in [1.54, 1.807) is 0 Å². The van der Waals surface area contributed by atoms with Crippen molar-refractivity contribution in [2.24, 2.45) is 0 Å². The van der Waals surface area contributed by atoms with Gasteiger partial charge < -0.3 is 14.8 Å². The summed E-state index contributed by atoms with van der Waals surface area (Å²) in [4.78, 5) is 16.6. The minimum absolute atomic E-state index is 0.0567. The van der Waals surface area contributed by atoms with Crippen molar-refractivity contribution >= 4 is 21.4 Å². The van der Waals surface area contributed by atoms with Gasteiger partial charge in [0.05, 0.1) is 18.2 Å². The maximum atomic E-state index is 14.4. The Morgan fingerprint density at radius 2 is 1.89 bits per heavy atom. The number of anilines is 1. The molecular weight excluding hydrogens is 510 g/mol. The van der Waals surface area contributed by atoms with Crippen molar-refractivity contribution in [2.75, 3.05) is 18.7 Å². The zero-order chi connectivity index (χ0) is 26.8. The summed E-state index contributed by atoms with van der Waals surface area (Å²) in [5, 5.41) is 17.6. The fraction of sp³-hybridized carbons (Fsp3) is 0.190. The Morgan fingerprint density at radius 1 is 1.19 bits per heavy atom. The van der Waals surface area contributed by atoms with Gasteiger partial charge in [0.15, 0.2) is 21.3 Å². The van der Waals surface area contributed by atoms with Crippen molar-refractivity contribution in [2.45, 2.75) is 18.0 Å². The van der Waals surface area contributed by atoms with Gasteiger partial charge in [-0.25, -0.2) is 17.8 Å². The Kier molecular flexibility index (Phi) is 7.11. The van der Waals surface area contributed by atoms with Crippen molar-refractivity contribution in [1.82, 2.24) is 15.2 Å². The Bertz CT molecular complexity index is 1500. The van der Waals surface area contributed by atoms with Crippen LogP contribution in [0.3, 0.4) is 0 Å². The van der Waals surface area contributed by atoms with E-state index in [1.807, 2.05) is 0 Å². The third-order valence-electron chi connectivity index (χ3n) is 4.66. The molecular formula is C21H15F4N5O5S. The summed E-state index contributed by atoms with van der Waals surface area (Å²) in [6.07, 6.45) is -3.27. The van der Waals surface area contributed by atoms with Crippen LogP contribution in [0.5, 0.6) is 17.5 Å². The molecule has 2 heterocycles. The summed E-state index contributed by atoms with van der Waals surface area (Å²) in [6, 6.07) is 6.52. The van der Waals surface area contributed by atoms with Gasteiger partial charge >= 0.3 is 6.18 Å². The number of ether oxygens (including phenoxy) is 2. The van der Waals surface area contributed by atoms with Gasteiger partial charge in [-0.05, 0) is 30.7 Å². The smallest absolute Gasteiger partial charge is 0.435 e. The lowest BCUT2D eigenvalue weighted by Crippen LogP contribution is -2.21. The van der Waals surface area contributed by atoms with E-state index in [0.29, 0.717) is 0 Å². The molecule has 0 unspecified atom stereocenters. The number of nitrogens with one attached hydrogen (secondary N) is 1. The second kappa shape index (κ2) is 9.74. The van der Waals surface area contributed by atoms with Gasteiger partial charge in [-0.2, -0.15) is 18.4 Å². The summed E-state index contributed by atoms with van der Waals surface area (Å²) < 4.78 is 88.6. The third-order valence-corrected chi connectivity index (χ3v) is 5.77. The van der Waals surface area contributed by atoms with Gasteiger partial charge in [0.1, 0.15) is 17.2 Å². The standard InChI is InChI=1S/C21H15F4N5O5S/c1-10-14(18(31)28-12-5-4-6-13(7-12)36(3,32)33)19(30-29-17(10)21(23,24)25)35-20-16(34-2)15(22)11(8-26)9-27-20/h4-7,9H,1-3H3,(H,28,31). The van der Waals surface area contributed by atoms with E-state index in [0.717, 1.165) is 32.6 Å². The van der Waals surface area contributed by atoms with Crippen LogP contribution < -0.4 is 14.8 Å². The van der Waals surface area contributed by atoms with Gasteiger partial charge in [0.2, 0.25) is 5.75 Å². The minimum atomic E-state index is -4.99. The number of methoxy groups -OCH3 is 1. The molecule has 2 aromatic heterocycles. The molecule has 1 amide bonds. The predicted octanol–water partition coefficient (Wildman–Crippen LogP) is 3.67. The highest BCUT2D eigenvalue weighted by Gasteiger charge is 2.38. The molecule has 1 N–H and O–H groups in total. The molecule has 0 saturated carbocycles. The van der Waals surface area contributed by atoms with E-state index < -0.39 is 67.6 Å². The summed E-state index contributed by atoms with van der Waals surface area (Å²) in [5.41, 5.74) is -3.47. The lowest BCUT2D eigenvalue weighted by Gasteiger charge is -2.16. The lowest BCUT2D eigenvalue weighted by molar-refractivity contribution is -0.142. The zero-order valence-corrected chi connectivity index (χ0v) is 19.5. The Hall–Kier alpha value is -4.32. The second-order valence-electron chi connectivity index (χ2n) is 7.14. The molecule has 1 aromatic carbocycles. The molecule has 3 rings (SSSR count). The number of aromatic nitrogens is 3. The fourth-order valence-electron chi connectivity index (χ4n) is 2.98. The van der Waals surface area contributed by atoms with Crippen LogP contribution in [-0.4, -0.2) is 42.9 Å². The van der Waals surface area contributed by atoms with Crippen LogP contribution >= 0.6 is 0 Å². The highest BCUT2D eigenvalue weighted by molar-refractivity contribution is 7.90. The van der Waals surface area contributed by atoms with E-state index >= 15 is 0 Å². The number of halogens is 4. The molecule has 0 atom stereocenters. The molecule has 0 aliphatic carbocycles. The maximum absolute atomic E-state index is 14.4. The second-order valence-corrected chi connectivity index (χ2v) is 9.16. The lowest BCUT2D eigenvalue weighted by atomic mass is 10.1. The Labute approximate surface area is 201 Å². The van der Waals surface area contributed by atoms with Crippen LogP contribution in [0.4, 0.5) is 23.2 Å². The average molecular weight is 525 g/mol. The van der Waals surface area contributed by atoms with Gasteiger partial charge in [-0.3, -0.25) is 4.79 Å². The maximum Gasteiger partial charge on any atom is 0.435 e. The van der Waals surface area contributed by atoms with Crippen LogP contribution in [0.15, 0.2) is 35.4 Å². The number of nitrogens with zero attached hydrogens (tertiary/aromatic N) is 4. The molecule has 3 aromatic rings. The number of hydrogen-bond acceptors (Lipinski definition) is 9. The van der Waals surface area contributed by atoms with Gasteiger partial charge in [-0.1, -0.05) is 6.07 Å². The third kappa shape index (κ3) is 5.33. The number of rotatable bonds is 6. The number of alkyl halides is 3. The normalized spacial score (nSPS) is 11.5. The molecule has 15 heteroatoms. The molecule has 0 fully saturated rings. The van der Waals surface area contributed by atoms with E-state index in [-0.39, 0.29) is 10.6 Å². The number of carbonyl (C=O) groups excluding carboxylic acids is 1. The van der Waals surface area contributed by atoms with Crippen LogP contribution in [0.2, 0.25) is 0 Å². The van der Waals surface area contributed by atoms with Crippen LogP contribution in [0.25, 0.3) is 0 Å². The van der Waals surface area contributed by atoms with E-state index in [1.165, 1.54) is 24.3 Å². The number of benzene rings is 1. The molecule has 0 saturated heterocycles. The van der Waals surface area contributed by atoms with E-state index in [9.17, 15) is 30.8 Å². The molecule has 0 bridgehead atoms. The largest absolute Gasteiger partial charge is 0.489 e. The molecule has 36 heavy (non-hydrogen) atoms. The van der Waals surface area contributed by atoms with Gasteiger partial charge in [0.25, 0.3) is 17.7 Å². The molecule has 0 spiro atoms. The minimum Gasteiger partial charge on any atom is -0.489 e. The van der Waals surface area contributed by atoms with Crippen molar-refractivity contribution in [3.63, 3.8) is 0 Å². The first-order valence-corrected chi connectivity index (χ1v) is 11.5. The van der Waals surface area contributed by atoms with Crippen LogP contribution in [0.1, 0.15) is 27.2 Å². The Morgan fingerprint density at radius 3 is 2.47 bits per heavy atom. The van der Waals surface area contributed by atoms with Crippen LogP contribution in [0, 0.1) is 24.1 Å². The summed E-state index contributed by atoms with van der Waals surface area (Å²) in [7, 11) is -2.63. The number of hydrogen-bond donors (Lipinski definition) is 1. The first-order chi connectivity index (χ1) is 16.8. The first-order valence-electron chi connectivity index (χ1n) is 9.64. The monoisotopic (exact) mass is 525 g/mol. The van der Waals surface area contributed by atoms with E-state index in [4.69, 9.17) is 14.7 Å². The fourth-order valence-corrected chi connectivity index (χ4v) is 3.65. The number of amides is 1. The molecule has 0 aliphatic rings. The number of nitriles is 1. The average Bonchev–Trinajstić information content (AvgIpc) is 2.78. The van der Waals surface area contributed by atoms with Crippen molar-refractivity contribution in [3.8, 4) is 23.6 Å². The summed E-state index contributed by atoms with van der Waals surface area (Å²) >= 11 is 0. The van der Waals surface area contributed by atoms with E-state index in [2.05, 4.69) is 20.5 Å². The zero-order valence-electron chi connectivity index (χ0n) is 18.6. The number of carbonyl (C=O) groups is 1. The molecule has 0 aliphatic heterocycles. The molecule has 188 valence electrons. The molecule has 0 radical (unpaired) electrons. The highest BCUT2D eigenvalue weighted by Crippen LogP contribution is 2.37. The topological polar surface area (TPSA) is 144 Å². The van der Waals surface area contributed by atoms with Crippen molar-refractivity contribution in [3.05, 3.63) is 58.7 Å². The van der Waals surface area contributed by atoms with Crippen LogP contribution in [-0.2, 0) is 16.0 Å². The first kappa shape index (κ1) is 26.3. The number of sulfone groups is 1. The quantitative estimate of drug-likeness (QED) is 0.477. The summed E-state index contributed by atoms with van der Waals surface area (Å²) in [6.45, 7) is 0.941. The molecule has 10 nitrogen and oxygen atoms in total.